The van der Waals surface area contributed by atoms with Gasteiger partial charge in [0.1, 0.15) is 4.88 Å². The molecule has 1 saturated carbocycles. The fourth-order valence-electron chi connectivity index (χ4n) is 1.43. The van der Waals surface area contributed by atoms with E-state index < -0.39 is 0 Å². The molecule has 0 atom stereocenters. The maximum absolute atomic E-state index is 11.6. The van der Waals surface area contributed by atoms with Crippen LogP contribution in [0.3, 0.4) is 0 Å². The van der Waals surface area contributed by atoms with Crippen LogP contribution < -0.4 is 5.32 Å². The van der Waals surface area contributed by atoms with E-state index in [2.05, 4.69) is 10.3 Å². The Morgan fingerprint density at radius 3 is 3.00 bits per heavy atom. The number of aliphatic hydroxyl groups is 1. The number of thiazole rings is 1. The first kappa shape index (κ1) is 9.61. The Morgan fingerprint density at radius 2 is 2.50 bits per heavy atom. The number of aromatic nitrogens is 1. The first-order valence-electron chi connectivity index (χ1n) is 4.58. The largest absolute Gasteiger partial charge is 0.396 e. The zero-order valence-corrected chi connectivity index (χ0v) is 8.51. The molecule has 1 amide bonds. The quantitative estimate of drug-likeness (QED) is 0.775. The first-order valence-corrected chi connectivity index (χ1v) is 5.46. The molecule has 14 heavy (non-hydrogen) atoms. The van der Waals surface area contributed by atoms with Crippen molar-refractivity contribution in [3.8, 4) is 0 Å². The van der Waals surface area contributed by atoms with Crippen LogP contribution in [0.2, 0.25) is 0 Å². The van der Waals surface area contributed by atoms with Crippen LogP contribution in [-0.4, -0.2) is 28.1 Å². The molecule has 0 aliphatic heterocycles. The molecule has 0 aromatic carbocycles. The lowest BCUT2D eigenvalue weighted by molar-refractivity contribution is 0.0927. The number of hydrogen-bond acceptors (Lipinski definition) is 4. The average molecular weight is 212 g/mol. The molecule has 1 aromatic heterocycles. The van der Waals surface area contributed by atoms with E-state index in [0.717, 1.165) is 12.8 Å². The Labute approximate surface area is 86.0 Å². The molecule has 76 valence electrons. The van der Waals surface area contributed by atoms with Gasteiger partial charge in [-0.3, -0.25) is 9.78 Å². The number of hydrogen-bond donors (Lipinski definition) is 2. The van der Waals surface area contributed by atoms with Crippen LogP contribution in [0.15, 0.2) is 11.7 Å². The molecule has 1 aliphatic rings. The molecular formula is C9H12N2O2S. The van der Waals surface area contributed by atoms with Crippen molar-refractivity contribution in [1.82, 2.24) is 10.3 Å². The van der Waals surface area contributed by atoms with Crippen molar-refractivity contribution >= 4 is 17.2 Å². The molecule has 1 aliphatic carbocycles. The lowest BCUT2D eigenvalue weighted by atomic mass is 10.2. The van der Waals surface area contributed by atoms with Gasteiger partial charge >= 0.3 is 0 Å². The molecule has 2 N–H and O–H groups in total. The third-order valence-corrected chi connectivity index (χ3v) is 3.25. The highest BCUT2D eigenvalue weighted by molar-refractivity contribution is 7.11. The molecule has 0 unspecified atom stereocenters. The predicted molar refractivity (Wildman–Crippen MR) is 53.2 cm³/mol. The average Bonchev–Trinajstić information content (AvgIpc) is 2.70. The molecule has 0 bridgehead atoms. The third kappa shape index (κ3) is 1.93. The summed E-state index contributed by atoms with van der Waals surface area (Å²) in [6.07, 6.45) is 4.16. The first-order chi connectivity index (χ1) is 6.76. The lowest BCUT2D eigenvalue weighted by Gasteiger charge is -2.14. The minimum atomic E-state index is -0.129. The zero-order chi connectivity index (χ0) is 10.0. The van der Waals surface area contributed by atoms with Gasteiger partial charge in [0.2, 0.25) is 0 Å². The second kappa shape index (κ2) is 3.67. The summed E-state index contributed by atoms with van der Waals surface area (Å²) in [6, 6.07) is 0. The Morgan fingerprint density at radius 1 is 1.71 bits per heavy atom. The summed E-state index contributed by atoms with van der Waals surface area (Å²) in [7, 11) is 0. The number of amides is 1. The standard InChI is InChI=1S/C9H12N2O2S/c12-4-3-9(1-2-9)11-8(13)7-5-10-6-14-7/h5-6,12H,1-4H2,(H,11,13). The third-order valence-electron chi connectivity index (χ3n) is 2.48. The van der Waals surface area contributed by atoms with Crippen LogP contribution in [-0.2, 0) is 0 Å². The van der Waals surface area contributed by atoms with Gasteiger partial charge in [0, 0.05) is 12.1 Å². The normalized spacial score (nSPS) is 17.8. The van der Waals surface area contributed by atoms with Gasteiger partial charge in [-0.05, 0) is 19.3 Å². The van der Waals surface area contributed by atoms with Gasteiger partial charge in [0.05, 0.1) is 11.7 Å². The SMILES string of the molecule is O=C(NC1(CCO)CC1)c1cncs1. The van der Waals surface area contributed by atoms with Crippen molar-refractivity contribution in [3.63, 3.8) is 0 Å². The van der Waals surface area contributed by atoms with E-state index >= 15 is 0 Å². The highest BCUT2D eigenvalue weighted by atomic mass is 32.1. The minimum Gasteiger partial charge on any atom is -0.396 e. The minimum absolute atomic E-state index is 0.0709. The Balaban J connectivity index is 1.95. The topological polar surface area (TPSA) is 62.2 Å². The maximum atomic E-state index is 11.6. The van der Waals surface area contributed by atoms with Crippen molar-refractivity contribution in [2.75, 3.05) is 6.61 Å². The number of nitrogens with zero attached hydrogens (tertiary/aromatic N) is 1. The molecule has 4 nitrogen and oxygen atoms in total. The second-order valence-electron chi connectivity index (χ2n) is 3.57. The smallest absolute Gasteiger partial charge is 0.263 e. The lowest BCUT2D eigenvalue weighted by Crippen LogP contribution is -2.37. The number of aliphatic hydroxyl groups excluding tert-OH is 1. The monoisotopic (exact) mass is 212 g/mol. The van der Waals surface area contributed by atoms with E-state index in [4.69, 9.17) is 5.11 Å². The molecule has 1 fully saturated rings. The van der Waals surface area contributed by atoms with Crippen molar-refractivity contribution in [3.05, 3.63) is 16.6 Å². The second-order valence-corrected chi connectivity index (χ2v) is 4.46. The molecule has 0 spiro atoms. The van der Waals surface area contributed by atoms with Crippen LogP contribution in [0.4, 0.5) is 0 Å². The van der Waals surface area contributed by atoms with Gasteiger partial charge in [-0.25, -0.2) is 0 Å². The van der Waals surface area contributed by atoms with E-state index in [9.17, 15) is 4.79 Å². The van der Waals surface area contributed by atoms with Gasteiger partial charge in [-0.2, -0.15) is 0 Å². The summed E-state index contributed by atoms with van der Waals surface area (Å²) in [5, 5.41) is 11.8. The molecule has 5 heteroatoms. The number of carbonyl (C=O) groups excluding carboxylic acids is 1. The molecule has 0 saturated heterocycles. The van der Waals surface area contributed by atoms with Gasteiger partial charge in [0.25, 0.3) is 5.91 Å². The van der Waals surface area contributed by atoms with E-state index in [0.29, 0.717) is 11.3 Å². The van der Waals surface area contributed by atoms with Crippen LogP contribution in [0.25, 0.3) is 0 Å². The molecule has 1 heterocycles. The molecule has 2 rings (SSSR count). The van der Waals surface area contributed by atoms with E-state index in [1.54, 1.807) is 11.7 Å². The number of rotatable bonds is 4. The molecule has 1 aromatic rings. The molecular weight excluding hydrogens is 200 g/mol. The summed E-state index contributed by atoms with van der Waals surface area (Å²) < 4.78 is 0. The summed E-state index contributed by atoms with van der Waals surface area (Å²) in [4.78, 5) is 16.1. The van der Waals surface area contributed by atoms with Crippen LogP contribution in [0.5, 0.6) is 0 Å². The predicted octanol–water partition coefficient (Wildman–Crippen LogP) is 0.788. The van der Waals surface area contributed by atoms with Gasteiger partial charge in [-0.1, -0.05) is 0 Å². The van der Waals surface area contributed by atoms with Crippen LogP contribution in [0.1, 0.15) is 28.9 Å². The van der Waals surface area contributed by atoms with E-state index in [-0.39, 0.29) is 18.1 Å². The van der Waals surface area contributed by atoms with Crippen molar-refractivity contribution in [2.24, 2.45) is 0 Å². The fraction of sp³-hybridized carbons (Fsp3) is 0.556. The zero-order valence-electron chi connectivity index (χ0n) is 7.69. The van der Waals surface area contributed by atoms with Gasteiger partial charge < -0.3 is 10.4 Å². The summed E-state index contributed by atoms with van der Waals surface area (Å²) in [6.45, 7) is 0.128. The van der Waals surface area contributed by atoms with Crippen LogP contribution >= 0.6 is 11.3 Å². The highest BCUT2D eigenvalue weighted by Crippen LogP contribution is 2.38. The maximum Gasteiger partial charge on any atom is 0.263 e. The number of carbonyl (C=O) groups is 1. The van der Waals surface area contributed by atoms with Crippen LogP contribution in [0, 0.1) is 0 Å². The van der Waals surface area contributed by atoms with Crippen molar-refractivity contribution in [2.45, 2.75) is 24.8 Å². The summed E-state index contributed by atoms with van der Waals surface area (Å²) in [5.41, 5.74) is 1.51. The summed E-state index contributed by atoms with van der Waals surface area (Å²) in [5.74, 6) is -0.0709. The Kier molecular flexibility index (Phi) is 2.52. The van der Waals surface area contributed by atoms with E-state index in [1.165, 1.54) is 11.3 Å². The fourth-order valence-corrected chi connectivity index (χ4v) is 1.95. The Hall–Kier alpha value is -0.940. The van der Waals surface area contributed by atoms with Gasteiger partial charge in [0.15, 0.2) is 0 Å². The summed E-state index contributed by atoms with van der Waals surface area (Å²) >= 11 is 1.33. The molecule has 0 radical (unpaired) electrons. The highest BCUT2D eigenvalue weighted by Gasteiger charge is 2.43. The van der Waals surface area contributed by atoms with Gasteiger partial charge in [-0.15, -0.1) is 11.3 Å². The van der Waals surface area contributed by atoms with Crippen molar-refractivity contribution < 1.29 is 9.90 Å². The Bertz CT molecular complexity index is 320. The van der Waals surface area contributed by atoms with E-state index in [1.807, 2.05) is 0 Å². The van der Waals surface area contributed by atoms with Crippen molar-refractivity contribution in [1.29, 1.82) is 0 Å². The number of nitrogens with one attached hydrogen (secondary N) is 1.